The first-order valence-corrected chi connectivity index (χ1v) is 7.91. The van der Waals surface area contributed by atoms with Gasteiger partial charge in [-0.1, -0.05) is 6.07 Å². The number of sulfonamides is 1. The van der Waals surface area contributed by atoms with Crippen LogP contribution in [0.3, 0.4) is 0 Å². The van der Waals surface area contributed by atoms with E-state index in [0.29, 0.717) is 10.2 Å². The van der Waals surface area contributed by atoms with E-state index < -0.39 is 15.8 Å². The fourth-order valence-electron chi connectivity index (χ4n) is 1.60. The zero-order valence-electron chi connectivity index (χ0n) is 10.5. The Labute approximate surface area is 125 Å². The topological polar surface area (TPSA) is 72.2 Å². The van der Waals surface area contributed by atoms with E-state index in [1.54, 1.807) is 13.0 Å². The summed E-state index contributed by atoms with van der Waals surface area (Å²) in [4.78, 5) is -0.000480. The summed E-state index contributed by atoms with van der Waals surface area (Å²) in [7, 11) is -3.87. The van der Waals surface area contributed by atoms with E-state index in [4.69, 9.17) is 5.73 Å². The Balaban J connectivity index is 2.40. The fourth-order valence-corrected chi connectivity index (χ4v) is 3.21. The predicted octanol–water partition coefficient (Wildman–Crippen LogP) is 3.28. The number of nitrogens with two attached hydrogens (primary N) is 1. The van der Waals surface area contributed by atoms with Gasteiger partial charge < -0.3 is 5.73 Å². The number of benzene rings is 2. The Morgan fingerprint density at radius 2 is 1.90 bits per heavy atom. The van der Waals surface area contributed by atoms with Crippen molar-refractivity contribution in [2.45, 2.75) is 11.8 Å². The van der Waals surface area contributed by atoms with Crippen molar-refractivity contribution in [2.24, 2.45) is 0 Å². The molecule has 0 unspecified atom stereocenters. The summed E-state index contributed by atoms with van der Waals surface area (Å²) >= 11 is 3.16. The summed E-state index contributed by atoms with van der Waals surface area (Å²) in [5.74, 6) is -0.631. The Morgan fingerprint density at radius 1 is 1.20 bits per heavy atom. The van der Waals surface area contributed by atoms with E-state index in [1.807, 2.05) is 0 Å². The van der Waals surface area contributed by atoms with Crippen molar-refractivity contribution in [3.8, 4) is 0 Å². The van der Waals surface area contributed by atoms with Crippen LogP contribution >= 0.6 is 15.9 Å². The minimum absolute atomic E-state index is 0.000480. The van der Waals surface area contributed by atoms with Crippen molar-refractivity contribution >= 4 is 37.3 Å². The maximum Gasteiger partial charge on any atom is 0.262 e. The largest absolute Gasteiger partial charge is 0.398 e. The third kappa shape index (κ3) is 3.10. The van der Waals surface area contributed by atoms with Gasteiger partial charge in [-0.05, 0) is 58.7 Å². The zero-order valence-corrected chi connectivity index (χ0v) is 12.9. The molecule has 3 N–H and O–H groups in total. The number of aryl methyl sites for hydroxylation is 1. The Kier molecular flexibility index (Phi) is 4.01. The van der Waals surface area contributed by atoms with Gasteiger partial charge >= 0.3 is 0 Å². The first kappa shape index (κ1) is 14.8. The molecule has 0 aromatic heterocycles. The molecule has 0 atom stereocenters. The van der Waals surface area contributed by atoms with Gasteiger partial charge in [-0.15, -0.1) is 0 Å². The summed E-state index contributed by atoms with van der Waals surface area (Å²) in [6.07, 6.45) is 0. The van der Waals surface area contributed by atoms with Gasteiger partial charge in [-0.2, -0.15) is 0 Å². The van der Waals surface area contributed by atoms with Crippen LogP contribution in [0.5, 0.6) is 0 Å². The average molecular weight is 359 g/mol. The molecule has 0 aliphatic rings. The number of rotatable bonds is 3. The van der Waals surface area contributed by atoms with Gasteiger partial charge in [0.25, 0.3) is 10.0 Å². The molecule has 2 aromatic carbocycles. The van der Waals surface area contributed by atoms with Crippen LogP contribution in [0.15, 0.2) is 45.8 Å². The third-order valence-corrected chi connectivity index (χ3v) is 4.70. The van der Waals surface area contributed by atoms with E-state index in [9.17, 15) is 12.8 Å². The number of nitrogens with one attached hydrogen (secondary N) is 1. The molecule has 7 heteroatoms. The normalized spacial score (nSPS) is 11.3. The van der Waals surface area contributed by atoms with Crippen molar-refractivity contribution in [3.63, 3.8) is 0 Å². The predicted molar refractivity (Wildman–Crippen MR) is 80.5 cm³/mol. The highest BCUT2D eigenvalue weighted by Crippen LogP contribution is 2.25. The standard InChI is InChI=1S/C13H12BrFN2O2S/c1-8-2-4-11(15)13(6-8)17-20(18,19)9-3-5-12(16)10(14)7-9/h2-7,17H,16H2,1H3. The molecule has 106 valence electrons. The van der Waals surface area contributed by atoms with Gasteiger partial charge in [0.2, 0.25) is 0 Å². The smallest absolute Gasteiger partial charge is 0.262 e. The Bertz CT molecular complexity index is 763. The summed E-state index contributed by atoms with van der Waals surface area (Å²) in [5, 5.41) is 0. The van der Waals surface area contributed by atoms with Crippen molar-refractivity contribution in [1.82, 2.24) is 0 Å². The van der Waals surface area contributed by atoms with Crippen LogP contribution in [0.1, 0.15) is 5.56 Å². The molecule has 2 rings (SSSR count). The molecule has 0 bridgehead atoms. The monoisotopic (exact) mass is 358 g/mol. The molecular weight excluding hydrogens is 347 g/mol. The minimum atomic E-state index is -3.87. The van der Waals surface area contributed by atoms with Crippen molar-refractivity contribution in [2.75, 3.05) is 10.5 Å². The second-order valence-electron chi connectivity index (χ2n) is 4.27. The lowest BCUT2D eigenvalue weighted by Crippen LogP contribution is -2.14. The third-order valence-electron chi connectivity index (χ3n) is 2.65. The van der Waals surface area contributed by atoms with E-state index in [2.05, 4.69) is 20.7 Å². The van der Waals surface area contributed by atoms with Gasteiger partial charge in [0.05, 0.1) is 10.6 Å². The summed E-state index contributed by atoms with van der Waals surface area (Å²) in [5.41, 5.74) is 6.70. The van der Waals surface area contributed by atoms with Gasteiger partial charge in [0.1, 0.15) is 5.82 Å². The number of anilines is 2. The quantitative estimate of drug-likeness (QED) is 0.827. The lowest BCUT2D eigenvalue weighted by atomic mass is 10.2. The van der Waals surface area contributed by atoms with Gasteiger partial charge in [0.15, 0.2) is 0 Å². The SMILES string of the molecule is Cc1ccc(F)c(NS(=O)(=O)c2ccc(N)c(Br)c2)c1. The number of hydrogen-bond acceptors (Lipinski definition) is 3. The van der Waals surface area contributed by atoms with Crippen LogP contribution in [-0.2, 0) is 10.0 Å². The van der Waals surface area contributed by atoms with E-state index in [0.717, 1.165) is 5.56 Å². The highest BCUT2D eigenvalue weighted by molar-refractivity contribution is 9.10. The zero-order chi connectivity index (χ0) is 14.9. The first-order valence-electron chi connectivity index (χ1n) is 5.63. The second-order valence-corrected chi connectivity index (χ2v) is 6.81. The summed E-state index contributed by atoms with van der Waals surface area (Å²) in [6, 6.07) is 8.39. The molecule has 0 saturated heterocycles. The Hall–Kier alpha value is -1.60. The first-order chi connectivity index (χ1) is 9.29. The maximum absolute atomic E-state index is 13.6. The van der Waals surface area contributed by atoms with E-state index in [1.165, 1.54) is 30.3 Å². The van der Waals surface area contributed by atoms with Crippen molar-refractivity contribution in [1.29, 1.82) is 0 Å². The van der Waals surface area contributed by atoms with Crippen LogP contribution in [0, 0.1) is 12.7 Å². The minimum Gasteiger partial charge on any atom is -0.398 e. The molecule has 0 amide bonds. The molecule has 0 saturated carbocycles. The van der Waals surface area contributed by atoms with Crippen LogP contribution in [0.2, 0.25) is 0 Å². The van der Waals surface area contributed by atoms with Crippen molar-refractivity contribution in [3.05, 3.63) is 52.3 Å². The van der Waals surface area contributed by atoms with Gasteiger partial charge in [-0.25, -0.2) is 12.8 Å². The highest BCUT2D eigenvalue weighted by Gasteiger charge is 2.17. The Morgan fingerprint density at radius 3 is 2.55 bits per heavy atom. The molecule has 0 radical (unpaired) electrons. The number of nitrogen functional groups attached to an aromatic ring is 1. The number of halogens is 2. The molecule has 2 aromatic rings. The van der Waals surface area contributed by atoms with E-state index >= 15 is 0 Å². The lowest BCUT2D eigenvalue weighted by Gasteiger charge is -2.10. The van der Waals surface area contributed by atoms with Crippen LogP contribution in [-0.4, -0.2) is 8.42 Å². The summed E-state index contributed by atoms with van der Waals surface area (Å²) in [6.45, 7) is 1.75. The molecule has 0 aliphatic carbocycles. The highest BCUT2D eigenvalue weighted by atomic mass is 79.9. The molecule has 0 fully saturated rings. The maximum atomic E-state index is 13.6. The molecular formula is C13H12BrFN2O2S. The molecule has 20 heavy (non-hydrogen) atoms. The average Bonchev–Trinajstić information content (AvgIpc) is 2.36. The van der Waals surface area contributed by atoms with E-state index in [-0.39, 0.29) is 10.6 Å². The van der Waals surface area contributed by atoms with Crippen LogP contribution in [0.25, 0.3) is 0 Å². The molecule has 0 spiro atoms. The van der Waals surface area contributed by atoms with Gasteiger partial charge in [0, 0.05) is 10.2 Å². The fraction of sp³-hybridized carbons (Fsp3) is 0.0769. The molecule has 4 nitrogen and oxygen atoms in total. The summed E-state index contributed by atoms with van der Waals surface area (Å²) < 4.78 is 40.7. The van der Waals surface area contributed by atoms with Crippen LogP contribution < -0.4 is 10.5 Å². The molecule has 0 heterocycles. The van der Waals surface area contributed by atoms with Crippen LogP contribution in [0.4, 0.5) is 15.8 Å². The number of hydrogen-bond donors (Lipinski definition) is 2. The lowest BCUT2D eigenvalue weighted by molar-refractivity contribution is 0.598. The molecule has 0 aliphatic heterocycles. The second kappa shape index (κ2) is 5.41. The van der Waals surface area contributed by atoms with Crippen molar-refractivity contribution < 1.29 is 12.8 Å². The van der Waals surface area contributed by atoms with Gasteiger partial charge in [-0.3, -0.25) is 4.72 Å².